The van der Waals surface area contributed by atoms with Crippen molar-refractivity contribution in [1.29, 1.82) is 0 Å². The molecule has 1 atom stereocenters. The summed E-state index contributed by atoms with van der Waals surface area (Å²) in [5, 5.41) is 6.22. The van der Waals surface area contributed by atoms with Crippen LogP contribution in [0.3, 0.4) is 0 Å². The number of benzene rings is 2. The van der Waals surface area contributed by atoms with Gasteiger partial charge in [-0.05, 0) is 49.2 Å². The Morgan fingerprint density at radius 3 is 2.76 bits per heavy atom. The predicted molar refractivity (Wildman–Crippen MR) is 98.7 cm³/mol. The Kier molecular flexibility index (Phi) is 7.22. The summed E-state index contributed by atoms with van der Waals surface area (Å²) in [6.07, 6.45) is 2.67. The van der Waals surface area contributed by atoms with Crippen LogP contribution in [0.4, 0.5) is 10.1 Å². The molecule has 0 aliphatic carbocycles. The van der Waals surface area contributed by atoms with Crippen molar-refractivity contribution in [3.63, 3.8) is 0 Å². The molecular formula is C19H22ClFN2O2. The van der Waals surface area contributed by atoms with Crippen molar-refractivity contribution in [2.24, 2.45) is 0 Å². The summed E-state index contributed by atoms with van der Waals surface area (Å²) in [5.41, 5.74) is 1.60. The first kappa shape index (κ1) is 19.2. The second kappa shape index (κ2) is 9.39. The zero-order chi connectivity index (χ0) is 16.8. The van der Waals surface area contributed by atoms with Crippen LogP contribution in [0.15, 0.2) is 48.5 Å². The smallest absolute Gasteiger partial charge is 0.225 e. The number of anilines is 1. The van der Waals surface area contributed by atoms with E-state index in [0.29, 0.717) is 18.8 Å². The lowest BCUT2D eigenvalue weighted by atomic mass is 10.1. The summed E-state index contributed by atoms with van der Waals surface area (Å²) in [5.74, 6) is 0.404. The van der Waals surface area contributed by atoms with Gasteiger partial charge < -0.3 is 15.4 Å². The molecule has 1 fully saturated rings. The highest BCUT2D eigenvalue weighted by atomic mass is 35.5. The summed E-state index contributed by atoms with van der Waals surface area (Å²) >= 11 is 0. The molecule has 0 spiro atoms. The highest BCUT2D eigenvalue weighted by molar-refractivity contribution is 5.91. The standard InChI is InChI=1S/C19H21FN2O2.ClH/c20-15-8-6-14(7-9-15)13-24-18-5-1-3-17(11-18)22-19(23)12-16-4-2-10-21-16;/h1,3,5-9,11,16,21H,2,4,10,12-13H2,(H,22,23);1H. The van der Waals surface area contributed by atoms with E-state index in [0.717, 1.165) is 30.6 Å². The summed E-state index contributed by atoms with van der Waals surface area (Å²) in [7, 11) is 0. The molecule has 4 nitrogen and oxygen atoms in total. The number of amides is 1. The molecule has 1 aliphatic rings. The van der Waals surface area contributed by atoms with Gasteiger partial charge in [0, 0.05) is 24.2 Å². The fraction of sp³-hybridized carbons (Fsp3) is 0.316. The van der Waals surface area contributed by atoms with Gasteiger partial charge in [-0.3, -0.25) is 4.79 Å². The van der Waals surface area contributed by atoms with Gasteiger partial charge >= 0.3 is 0 Å². The van der Waals surface area contributed by atoms with Gasteiger partial charge in [0.25, 0.3) is 0 Å². The molecule has 2 N–H and O–H groups in total. The van der Waals surface area contributed by atoms with Crippen molar-refractivity contribution < 1.29 is 13.9 Å². The van der Waals surface area contributed by atoms with Crippen molar-refractivity contribution in [2.75, 3.05) is 11.9 Å². The molecular weight excluding hydrogens is 343 g/mol. The lowest BCUT2D eigenvalue weighted by Crippen LogP contribution is -2.27. The summed E-state index contributed by atoms with van der Waals surface area (Å²) < 4.78 is 18.6. The monoisotopic (exact) mass is 364 g/mol. The van der Waals surface area contributed by atoms with Gasteiger partial charge in [0.2, 0.25) is 5.91 Å². The Balaban J connectivity index is 0.00000225. The number of carbonyl (C=O) groups is 1. The van der Waals surface area contributed by atoms with Gasteiger partial charge in [0.05, 0.1) is 0 Å². The van der Waals surface area contributed by atoms with E-state index in [2.05, 4.69) is 10.6 Å². The van der Waals surface area contributed by atoms with Gasteiger partial charge in [0.1, 0.15) is 18.2 Å². The van der Waals surface area contributed by atoms with Crippen LogP contribution in [-0.4, -0.2) is 18.5 Å². The predicted octanol–water partition coefficient (Wildman–Crippen LogP) is 3.91. The molecule has 1 saturated heterocycles. The number of hydrogen-bond acceptors (Lipinski definition) is 3. The molecule has 2 aromatic carbocycles. The topological polar surface area (TPSA) is 50.4 Å². The first-order valence-corrected chi connectivity index (χ1v) is 8.19. The maximum atomic E-state index is 12.9. The first-order valence-electron chi connectivity index (χ1n) is 8.19. The lowest BCUT2D eigenvalue weighted by molar-refractivity contribution is -0.116. The molecule has 0 saturated carbocycles. The highest BCUT2D eigenvalue weighted by Gasteiger charge is 2.17. The molecule has 0 radical (unpaired) electrons. The van der Waals surface area contributed by atoms with Crippen LogP contribution < -0.4 is 15.4 Å². The maximum absolute atomic E-state index is 12.9. The zero-order valence-electron chi connectivity index (χ0n) is 13.8. The number of hydrogen-bond donors (Lipinski definition) is 2. The molecule has 0 bridgehead atoms. The average Bonchev–Trinajstić information content (AvgIpc) is 3.07. The quantitative estimate of drug-likeness (QED) is 0.817. The molecule has 1 heterocycles. The van der Waals surface area contributed by atoms with Gasteiger partial charge in [-0.25, -0.2) is 4.39 Å². The van der Waals surface area contributed by atoms with Crippen molar-refractivity contribution in [1.82, 2.24) is 5.32 Å². The van der Waals surface area contributed by atoms with Crippen LogP contribution >= 0.6 is 12.4 Å². The van der Waals surface area contributed by atoms with Gasteiger partial charge in [-0.2, -0.15) is 0 Å². The highest BCUT2D eigenvalue weighted by Crippen LogP contribution is 2.19. The van der Waals surface area contributed by atoms with Crippen LogP contribution in [0.25, 0.3) is 0 Å². The van der Waals surface area contributed by atoms with Crippen molar-refractivity contribution in [3.05, 3.63) is 59.9 Å². The molecule has 3 rings (SSSR count). The lowest BCUT2D eigenvalue weighted by Gasteiger charge is -2.12. The third-order valence-electron chi connectivity index (χ3n) is 4.03. The van der Waals surface area contributed by atoms with Crippen LogP contribution in [0.2, 0.25) is 0 Å². The van der Waals surface area contributed by atoms with Crippen LogP contribution in [0.5, 0.6) is 5.75 Å². The van der Waals surface area contributed by atoms with Crippen molar-refractivity contribution >= 4 is 24.0 Å². The van der Waals surface area contributed by atoms with E-state index in [-0.39, 0.29) is 30.2 Å². The Labute approximate surface area is 153 Å². The van der Waals surface area contributed by atoms with E-state index in [9.17, 15) is 9.18 Å². The minimum absolute atomic E-state index is 0. The third kappa shape index (κ3) is 6.03. The number of nitrogens with one attached hydrogen (secondary N) is 2. The molecule has 0 aromatic heterocycles. The average molecular weight is 365 g/mol. The minimum atomic E-state index is -0.264. The van der Waals surface area contributed by atoms with Crippen LogP contribution in [-0.2, 0) is 11.4 Å². The fourth-order valence-corrected chi connectivity index (χ4v) is 2.78. The number of halogens is 2. The SMILES string of the molecule is Cl.O=C(CC1CCCN1)Nc1cccc(OCc2ccc(F)cc2)c1. The van der Waals surface area contributed by atoms with Crippen LogP contribution in [0, 0.1) is 5.82 Å². The molecule has 1 unspecified atom stereocenters. The van der Waals surface area contributed by atoms with E-state index in [1.165, 1.54) is 12.1 Å². The summed E-state index contributed by atoms with van der Waals surface area (Å²) in [6, 6.07) is 13.8. The molecule has 6 heteroatoms. The number of carbonyl (C=O) groups excluding carboxylic acids is 1. The molecule has 1 aliphatic heterocycles. The minimum Gasteiger partial charge on any atom is -0.489 e. The van der Waals surface area contributed by atoms with Crippen molar-refractivity contribution in [2.45, 2.75) is 31.9 Å². The summed E-state index contributed by atoms with van der Waals surface area (Å²) in [6.45, 7) is 1.34. The van der Waals surface area contributed by atoms with Crippen LogP contribution in [0.1, 0.15) is 24.8 Å². The first-order chi connectivity index (χ1) is 11.7. The maximum Gasteiger partial charge on any atom is 0.225 e. The second-order valence-corrected chi connectivity index (χ2v) is 5.99. The van der Waals surface area contributed by atoms with Crippen molar-refractivity contribution in [3.8, 4) is 5.75 Å². The summed E-state index contributed by atoms with van der Waals surface area (Å²) in [4.78, 5) is 12.1. The number of rotatable bonds is 6. The van der Waals surface area contributed by atoms with E-state index in [1.807, 2.05) is 18.2 Å². The van der Waals surface area contributed by atoms with Gasteiger partial charge in [0.15, 0.2) is 0 Å². The Hall–Kier alpha value is -2.11. The normalized spacial score (nSPS) is 16.1. The van der Waals surface area contributed by atoms with E-state index in [4.69, 9.17) is 4.74 Å². The Morgan fingerprint density at radius 2 is 2.04 bits per heavy atom. The number of ether oxygens (including phenoxy) is 1. The molecule has 25 heavy (non-hydrogen) atoms. The second-order valence-electron chi connectivity index (χ2n) is 5.99. The van der Waals surface area contributed by atoms with Gasteiger partial charge in [-0.1, -0.05) is 18.2 Å². The molecule has 2 aromatic rings. The van der Waals surface area contributed by atoms with Gasteiger partial charge in [-0.15, -0.1) is 12.4 Å². The Bertz CT molecular complexity index is 688. The molecule has 134 valence electrons. The fourth-order valence-electron chi connectivity index (χ4n) is 2.78. The van der Waals surface area contributed by atoms with E-state index < -0.39 is 0 Å². The van der Waals surface area contributed by atoms with E-state index >= 15 is 0 Å². The zero-order valence-corrected chi connectivity index (χ0v) is 14.7. The Morgan fingerprint density at radius 1 is 1.24 bits per heavy atom. The third-order valence-corrected chi connectivity index (χ3v) is 4.03. The molecule has 1 amide bonds. The largest absolute Gasteiger partial charge is 0.489 e. The van der Waals surface area contributed by atoms with E-state index in [1.54, 1.807) is 18.2 Å².